The van der Waals surface area contributed by atoms with Crippen LogP contribution in [0.1, 0.15) is 75.5 Å². The number of hydrogen-bond donors (Lipinski definition) is 1. The number of fused-ring (bicyclic) bond motifs is 1. The topological polar surface area (TPSA) is 97.8 Å². The van der Waals surface area contributed by atoms with E-state index in [1.807, 2.05) is 48.2 Å². The average molecular weight is 528 g/mol. The smallest absolute Gasteiger partial charge is 0.290 e. The van der Waals surface area contributed by atoms with Gasteiger partial charge in [-0.3, -0.25) is 9.59 Å². The summed E-state index contributed by atoms with van der Waals surface area (Å²) in [5, 5.41) is 2.86. The first-order valence-electron chi connectivity index (χ1n) is 13.3. The van der Waals surface area contributed by atoms with Gasteiger partial charge in [-0.2, -0.15) is 0 Å². The molecule has 0 spiro atoms. The molecule has 0 aliphatic carbocycles. The lowest BCUT2D eigenvalue weighted by molar-refractivity contribution is 0.0661. The predicted octanol–water partition coefficient (Wildman–Crippen LogP) is 5.72. The third-order valence-electron chi connectivity index (χ3n) is 6.85. The highest BCUT2D eigenvalue weighted by Crippen LogP contribution is 2.38. The van der Waals surface area contributed by atoms with E-state index in [1.54, 1.807) is 12.1 Å². The molecule has 1 atom stereocenters. The van der Waals surface area contributed by atoms with Crippen LogP contribution < -0.4 is 10.1 Å². The van der Waals surface area contributed by atoms with Gasteiger partial charge in [0.15, 0.2) is 18.1 Å². The Balaban J connectivity index is 1.35. The van der Waals surface area contributed by atoms with Crippen LogP contribution >= 0.6 is 0 Å². The molecule has 2 aromatic heterocycles. The van der Waals surface area contributed by atoms with Crippen LogP contribution in [0.15, 0.2) is 76.0 Å². The van der Waals surface area contributed by atoms with Crippen LogP contribution in [0.4, 0.5) is 0 Å². The van der Waals surface area contributed by atoms with E-state index < -0.39 is 0 Å². The Hall–Kier alpha value is -4.33. The van der Waals surface area contributed by atoms with E-state index in [2.05, 4.69) is 30.2 Å². The van der Waals surface area contributed by atoms with Crippen LogP contribution in [-0.2, 0) is 13.0 Å². The third-order valence-corrected chi connectivity index (χ3v) is 6.85. The molecule has 0 saturated heterocycles. The Morgan fingerprint density at radius 3 is 2.77 bits per heavy atom. The largest absolute Gasteiger partial charge is 0.484 e. The molecular formula is C31H33N3O5. The molecule has 1 N–H and O–H groups in total. The van der Waals surface area contributed by atoms with Crippen molar-refractivity contribution in [3.8, 4) is 5.75 Å². The minimum atomic E-state index is -0.294. The van der Waals surface area contributed by atoms with Crippen LogP contribution in [0, 0.1) is 12.8 Å². The summed E-state index contributed by atoms with van der Waals surface area (Å²) in [6.07, 6.45) is 4.48. The second kappa shape index (κ2) is 11.6. The van der Waals surface area contributed by atoms with Crippen LogP contribution in [0.3, 0.4) is 0 Å². The Kier molecular flexibility index (Phi) is 7.81. The van der Waals surface area contributed by atoms with Gasteiger partial charge in [0.2, 0.25) is 5.89 Å². The van der Waals surface area contributed by atoms with Crippen molar-refractivity contribution in [3.63, 3.8) is 0 Å². The van der Waals surface area contributed by atoms with Crippen molar-refractivity contribution in [1.82, 2.24) is 15.2 Å². The maximum atomic E-state index is 13.4. The number of nitrogens with zero attached hydrogens (tertiary/aromatic N) is 2. The molecule has 3 heterocycles. The first-order chi connectivity index (χ1) is 18.9. The maximum absolute atomic E-state index is 13.4. The molecule has 0 bridgehead atoms. The van der Waals surface area contributed by atoms with Gasteiger partial charge >= 0.3 is 0 Å². The molecule has 1 aliphatic heterocycles. The zero-order valence-corrected chi connectivity index (χ0v) is 22.5. The summed E-state index contributed by atoms with van der Waals surface area (Å²) >= 11 is 0. The fourth-order valence-electron chi connectivity index (χ4n) is 4.83. The highest BCUT2D eigenvalue weighted by atomic mass is 16.5. The zero-order valence-electron chi connectivity index (χ0n) is 22.5. The quantitative estimate of drug-likeness (QED) is 0.299. The number of benzene rings is 2. The summed E-state index contributed by atoms with van der Waals surface area (Å²) in [6.45, 7) is 7.49. The first-order valence-corrected chi connectivity index (χ1v) is 13.3. The van der Waals surface area contributed by atoms with Gasteiger partial charge in [0.25, 0.3) is 11.8 Å². The first kappa shape index (κ1) is 26.3. The number of amides is 2. The Labute approximate surface area is 228 Å². The average Bonchev–Trinajstić information content (AvgIpc) is 3.63. The molecule has 2 aromatic carbocycles. The Morgan fingerprint density at radius 2 is 2.00 bits per heavy atom. The van der Waals surface area contributed by atoms with Crippen molar-refractivity contribution >= 4 is 11.8 Å². The summed E-state index contributed by atoms with van der Waals surface area (Å²) in [5.41, 5.74) is 4.53. The summed E-state index contributed by atoms with van der Waals surface area (Å²) in [5.74, 6) is 1.34. The standard InChI is InChI=1S/C31H33N3O5/c1-20(2)11-13-32-30(35)26-18-39-28(33-26)19-38-24-10-9-22-12-14-34(31(36)27-8-5-15-37-27)29(25(22)17-24)23-7-4-6-21(3)16-23/h4-10,15-18,20,29H,11-14,19H2,1-3H3,(H,32,35)/t29-/m1/s1. The van der Waals surface area contributed by atoms with Crippen molar-refractivity contribution in [1.29, 1.82) is 0 Å². The van der Waals surface area contributed by atoms with Gasteiger partial charge in [0.1, 0.15) is 12.0 Å². The lowest BCUT2D eigenvalue weighted by Crippen LogP contribution is -2.40. The molecule has 0 radical (unpaired) electrons. The molecule has 5 rings (SSSR count). The number of aryl methyl sites for hydroxylation is 1. The van der Waals surface area contributed by atoms with E-state index in [0.717, 1.165) is 35.1 Å². The van der Waals surface area contributed by atoms with E-state index in [4.69, 9.17) is 13.6 Å². The minimum Gasteiger partial charge on any atom is -0.484 e. The molecule has 0 saturated carbocycles. The number of furan rings is 1. The third kappa shape index (κ3) is 6.06. The maximum Gasteiger partial charge on any atom is 0.290 e. The number of hydrogen-bond acceptors (Lipinski definition) is 6. The van der Waals surface area contributed by atoms with Gasteiger partial charge in [-0.25, -0.2) is 4.98 Å². The van der Waals surface area contributed by atoms with Gasteiger partial charge in [0, 0.05) is 13.1 Å². The van der Waals surface area contributed by atoms with Crippen molar-refractivity contribution in [2.24, 2.45) is 5.92 Å². The summed E-state index contributed by atoms with van der Waals surface area (Å²) in [4.78, 5) is 31.9. The molecule has 4 aromatic rings. The molecule has 2 amide bonds. The van der Waals surface area contributed by atoms with Gasteiger partial charge in [-0.1, -0.05) is 49.7 Å². The van der Waals surface area contributed by atoms with Gasteiger partial charge in [-0.05, 0) is 66.6 Å². The number of aromatic nitrogens is 1. The molecule has 1 aliphatic rings. The predicted molar refractivity (Wildman–Crippen MR) is 146 cm³/mol. The van der Waals surface area contributed by atoms with Gasteiger partial charge in [0.05, 0.1) is 12.3 Å². The monoisotopic (exact) mass is 527 g/mol. The van der Waals surface area contributed by atoms with Crippen LogP contribution in [0.2, 0.25) is 0 Å². The molecular weight excluding hydrogens is 494 g/mol. The number of oxazole rings is 1. The fourth-order valence-corrected chi connectivity index (χ4v) is 4.83. The summed E-state index contributed by atoms with van der Waals surface area (Å²) in [6, 6.07) is 17.3. The van der Waals surface area contributed by atoms with E-state index in [0.29, 0.717) is 36.4 Å². The number of ether oxygens (including phenoxy) is 1. The van der Waals surface area contributed by atoms with E-state index in [9.17, 15) is 9.59 Å². The van der Waals surface area contributed by atoms with Crippen LogP contribution in [-0.4, -0.2) is 34.8 Å². The molecule has 202 valence electrons. The lowest BCUT2D eigenvalue weighted by Gasteiger charge is -2.37. The van der Waals surface area contributed by atoms with Crippen LogP contribution in [0.5, 0.6) is 5.75 Å². The van der Waals surface area contributed by atoms with Crippen LogP contribution in [0.25, 0.3) is 0 Å². The zero-order chi connectivity index (χ0) is 27.4. The highest BCUT2D eigenvalue weighted by molar-refractivity contribution is 5.92. The number of rotatable bonds is 9. The fraction of sp³-hybridized carbons (Fsp3) is 0.323. The molecule has 8 nitrogen and oxygen atoms in total. The summed E-state index contributed by atoms with van der Waals surface area (Å²) in [7, 11) is 0. The number of nitrogens with one attached hydrogen (secondary N) is 1. The van der Waals surface area contributed by atoms with E-state index in [1.165, 1.54) is 12.5 Å². The summed E-state index contributed by atoms with van der Waals surface area (Å²) < 4.78 is 17.0. The van der Waals surface area contributed by atoms with Crippen molar-refractivity contribution in [2.45, 2.75) is 46.3 Å². The second-order valence-corrected chi connectivity index (χ2v) is 10.3. The Morgan fingerprint density at radius 1 is 1.13 bits per heavy atom. The SMILES string of the molecule is Cc1cccc([C@@H]2c3cc(OCc4nc(C(=O)NCCC(C)C)co4)ccc3CCN2C(=O)c2ccco2)c1. The second-order valence-electron chi connectivity index (χ2n) is 10.3. The Bertz CT molecular complexity index is 1440. The number of carbonyl (C=O) groups is 2. The van der Waals surface area contributed by atoms with E-state index >= 15 is 0 Å². The normalized spacial score (nSPS) is 14.8. The van der Waals surface area contributed by atoms with Crippen molar-refractivity contribution in [2.75, 3.05) is 13.1 Å². The molecule has 8 heteroatoms. The van der Waals surface area contributed by atoms with Gasteiger partial charge in [-0.15, -0.1) is 0 Å². The van der Waals surface area contributed by atoms with Gasteiger partial charge < -0.3 is 23.8 Å². The van der Waals surface area contributed by atoms with Crippen molar-refractivity contribution < 1.29 is 23.2 Å². The minimum absolute atomic E-state index is 0.0716. The molecule has 0 unspecified atom stereocenters. The number of carbonyl (C=O) groups excluding carboxylic acids is 2. The molecule has 0 fully saturated rings. The van der Waals surface area contributed by atoms with Crippen molar-refractivity contribution in [3.05, 3.63) is 107 Å². The highest BCUT2D eigenvalue weighted by Gasteiger charge is 2.34. The lowest BCUT2D eigenvalue weighted by atomic mass is 9.87. The van der Waals surface area contributed by atoms with E-state index in [-0.39, 0.29) is 30.2 Å². The molecule has 39 heavy (non-hydrogen) atoms.